The van der Waals surface area contributed by atoms with Crippen LogP contribution in [-0.2, 0) is 0 Å². The third-order valence-electron chi connectivity index (χ3n) is 2.79. The van der Waals surface area contributed by atoms with E-state index < -0.39 is 0 Å². The van der Waals surface area contributed by atoms with E-state index in [1.54, 1.807) is 6.07 Å². The van der Waals surface area contributed by atoms with Crippen LogP contribution in [0.4, 0.5) is 0 Å². The highest BCUT2D eigenvalue weighted by atomic mass is 79.9. The molecule has 0 aliphatic rings. The van der Waals surface area contributed by atoms with Crippen molar-refractivity contribution in [3.63, 3.8) is 0 Å². The van der Waals surface area contributed by atoms with Crippen LogP contribution < -0.4 is 5.32 Å². The van der Waals surface area contributed by atoms with E-state index in [9.17, 15) is 4.79 Å². The summed E-state index contributed by atoms with van der Waals surface area (Å²) in [5, 5.41) is 3.80. The fourth-order valence-electron chi connectivity index (χ4n) is 1.80. The number of halogens is 1. The van der Waals surface area contributed by atoms with Crippen molar-refractivity contribution in [2.24, 2.45) is 0 Å². The van der Waals surface area contributed by atoms with E-state index >= 15 is 0 Å². The number of benzene rings is 1. The zero-order valence-corrected chi connectivity index (χ0v) is 11.9. The van der Waals surface area contributed by atoms with Gasteiger partial charge in [0, 0.05) is 11.9 Å². The van der Waals surface area contributed by atoms with Crippen LogP contribution >= 0.6 is 15.9 Å². The second-order valence-electron chi connectivity index (χ2n) is 4.23. The zero-order valence-electron chi connectivity index (χ0n) is 10.3. The summed E-state index contributed by atoms with van der Waals surface area (Å²) >= 11 is 3.41. The Labute approximate surface area is 115 Å². The highest BCUT2D eigenvalue weighted by molar-refractivity contribution is 9.10. The summed E-state index contributed by atoms with van der Waals surface area (Å²) in [4.78, 5) is 11.9. The second-order valence-corrected chi connectivity index (χ2v) is 5.09. The molecular formula is C14H16BrNO2. The van der Waals surface area contributed by atoms with Gasteiger partial charge in [-0.15, -0.1) is 0 Å². The minimum Gasteiger partial charge on any atom is -0.450 e. The Morgan fingerprint density at radius 1 is 1.39 bits per heavy atom. The lowest BCUT2D eigenvalue weighted by atomic mass is 10.2. The molecule has 0 spiro atoms. The second kappa shape index (κ2) is 6.05. The van der Waals surface area contributed by atoms with Gasteiger partial charge in [0.2, 0.25) is 0 Å². The van der Waals surface area contributed by atoms with Crippen LogP contribution in [0.5, 0.6) is 0 Å². The Balaban J connectivity index is 2.06. The summed E-state index contributed by atoms with van der Waals surface area (Å²) in [7, 11) is 0. The number of unbranched alkanes of at least 4 members (excludes halogenated alkanes) is 2. The molecule has 0 bridgehead atoms. The highest BCUT2D eigenvalue weighted by Crippen LogP contribution is 2.26. The molecule has 0 saturated heterocycles. The summed E-state index contributed by atoms with van der Waals surface area (Å²) < 4.78 is 6.42. The lowest BCUT2D eigenvalue weighted by Gasteiger charge is -2.01. The number of para-hydroxylation sites is 1. The van der Waals surface area contributed by atoms with Gasteiger partial charge in [0.1, 0.15) is 5.58 Å². The van der Waals surface area contributed by atoms with Gasteiger partial charge in [-0.2, -0.15) is 0 Å². The SMILES string of the molecule is CCCCCNC(=O)c1cc2cccc(Br)c2o1. The molecule has 1 aromatic heterocycles. The molecule has 0 fully saturated rings. The van der Waals surface area contributed by atoms with E-state index in [2.05, 4.69) is 28.2 Å². The van der Waals surface area contributed by atoms with Crippen molar-refractivity contribution in [3.8, 4) is 0 Å². The zero-order chi connectivity index (χ0) is 13.0. The standard InChI is InChI=1S/C14H16BrNO2/c1-2-3-4-8-16-14(17)12-9-10-6-5-7-11(15)13(10)18-12/h5-7,9H,2-4,8H2,1H3,(H,16,17). The van der Waals surface area contributed by atoms with Gasteiger partial charge in [0.15, 0.2) is 5.76 Å². The Morgan fingerprint density at radius 2 is 2.22 bits per heavy atom. The fourth-order valence-corrected chi connectivity index (χ4v) is 2.27. The average Bonchev–Trinajstić information content (AvgIpc) is 2.80. The fraction of sp³-hybridized carbons (Fsp3) is 0.357. The number of hydrogen-bond donors (Lipinski definition) is 1. The lowest BCUT2D eigenvalue weighted by Crippen LogP contribution is -2.23. The summed E-state index contributed by atoms with van der Waals surface area (Å²) in [6, 6.07) is 7.52. The van der Waals surface area contributed by atoms with E-state index in [-0.39, 0.29) is 5.91 Å². The molecule has 96 valence electrons. The van der Waals surface area contributed by atoms with Crippen molar-refractivity contribution < 1.29 is 9.21 Å². The number of hydrogen-bond acceptors (Lipinski definition) is 2. The molecule has 1 amide bonds. The minimum absolute atomic E-state index is 0.144. The number of carbonyl (C=O) groups excluding carboxylic acids is 1. The topological polar surface area (TPSA) is 42.2 Å². The van der Waals surface area contributed by atoms with Crippen LogP contribution in [-0.4, -0.2) is 12.5 Å². The molecule has 0 unspecified atom stereocenters. The Hall–Kier alpha value is -1.29. The number of carbonyl (C=O) groups is 1. The first-order chi connectivity index (χ1) is 8.72. The monoisotopic (exact) mass is 309 g/mol. The molecule has 0 radical (unpaired) electrons. The smallest absolute Gasteiger partial charge is 0.287 e. The van der Waals surface area contributed by atoms with Gasteiger partial charge in [-0.3, -0.25) is 4.79 Å². The molecule has 3 nitrogen and oxygen atoms in total. The van der Waals surface area contributed by atoms with E-state index in [0.29, 0.717) is 12.3 Å². The van der Waals surface area contributed by atoms with Gasteiger partial charge in [-0.05, 0) is 34.5 Å². The van der Waals surface area contributed by atoms with Crippen LogP contribution in [0.2, 0.25) is 0 Å². The van der Waals surface area contributed by atoms with E-state index in [1.807, 2.05) is 18.2 Å². The Morgan fingerprint density at radius 3 is 2.94 bits per heavy atom. The van der Waals surface area contributed by atoms with Gasteiger partial charge in [0.25, 0.3) is 5.91 Å². The van der Waals surface area contributed by atoms with Crippen LogP contribution in [0.25, 0.3) is 11.0 Å². The van der Waals surface area contributed by atoms with Crippen LogP contribution in [0.1, 0.15) is 36.7 Å². The predicted molar refractivity (Wildman–Crippen MR) is 75.8 cm³/mol. The third-order valence-corrected chi connectivity index (χ3v) is 3.41. The van der Waals surface area contributed by atoms with Gasteiger partial charge in [-0.1, -0.05) is 31.9 Å². The van der Waals surface area contributed by atoms with E-state index in [1.165, 1.54) is 0 Å². The maximum absolute atomic E-state index is 11.9. The van der Waals surface area contributed by atoms with Gasteiger partial charge < -0.3 is 9.73 Å². The van der Waals surface area contributed by atoms with Crippen molar-refractivity contribution in [2.45, 2.75) is 26.2 Å². The number of amides is 1. The molecule has 1 N–H and O–H groups in total. The Bertz CT molecular complexity index is 548. The number of rotatable bonds is 5. The maximum atomic E-state index is 11.9. The van der Waals surface area contributed by atoms with Crippen molar-refractivity contribution in [1.29, 1.82) is 0 Å². The Kier molecular flexibility index (Phi) is 4.42. The lowest BCUT2D eigenvalue weighted by molar-refractivity contribution is 0.0927. The molecule has 4 heteroatoms. The van der Waals surface area contributed by atoms with Crippen molar-refractivity contribution in [1.82, 2.24) is 5.32 Å². The predicted octanol–water partition coefficient (Wildman–Crippen LogP) is 4.12. The van der Waals surface area contributed by atoms with Crippen molar-refractivity contribution >= 4 is 32.8 Å². The van der Waals surface area contributed by atoms with Crippen molar-refractivity contribution in [3.05, 3.63) is 34.5 Å². The van der Waals surface area contributed by atoms with Crippen LogP contribution in [0.3, 0.4) is 0 Å². The minimum atomic E-state index is -0.144. The van der Waals surface area contributed by atoms with Crippen LogP contribution in [0.15, 0.2) is 33.2 Å². The van der Waals surface area contributed by atoms with Gasteiger partial charge >= 0.3 is 0 Å². The van der Waals surface area contributed by atoms with Crippen molar-refractivity contribution in [2.75, 3.05) is 6.54 Å². The number of furan rings is 1. The number of nitrogens with one attached hydrogen (secondary N) is 1. The summed E-state index contributed by atoms with van der Waals surface area (Å²) in [6.45, 7) is 2.84. The van der Waals surface area contributed by atoms with Crippen LogP contribution in [0, 0.1) is 0 Å². The summed E-state index contributed by atoms with van der Waals surface area (Å²) in [5.74, 6) is 0.225. The third kappa shape index (κ3) is 2.93. The molecule has 0 saturated carbocycles. The molecule has 2 rings (SSSR count). The van der Waals surface area contributed by atoms with Gasteiger partial charge in [-0.25, -0.2) is 0 Å². The molecule has 1 heterocycles. The number of fused-ring (bicyclic) bond motifs is 1. The summed E-state index contributed by atoms with van der Waals surface area (Å²) in [5.41, 5.74) is 0.719. The molecule has 1 aromatic carbocycles. The van der Waals surface area contributed by atoms with E-state index in [4.69, 9.17) is 4.42 Å². The normalized spacial score (nSPS) is 10.8. The molecule has 0 aliphatic heterocycles. The molecule has 0 atom stereocenters. The highest BCUT2D eigenvalue weighted by Gasteiger charge is 2.12. The first kappa shape index (κ1) is 13.1. The first-order valence-electron chi connectivity index (χ1n) is 6.18. The molecule has 2 aromatic rings. The summed E-state index contributed by atoms with van der Waals surface area (Å²) in [6.07, 6.45) is 3.28. The van der Waals surface area contributed by atoms with Gasteiger partial charge in [0.05, 0.1) is 4.47 Å². The van der Waals surface area contributed by atoms with E-state index in [0.717, 1.165) is 34.7 Å². The molecular weight excluding hydrogens is 294 g/mol. The quantitative estimate of drug-likeness (QED) is 0.844. The molecule has 18 heavy (non-hydrogen) atoms. The first-order valence-corrected chi connectivity index (χ1v) is 6.98. The molecule has 0 aliphatic carbocycles. The maximum Gasteiger partial charge on any atom is 0.287 e. The largest absolute Gasteiger partial charge is 0.450 e. The average molecular weight is 310 g/mol.